The van der Waals surface area contributed by atoms with Gasteiger partial charge >= 0.3 is 12.1 Å². The van der Waals surface area contributed by atoms with Crippen LogP contribution in [0.5, 0.6) is 0 Å². The number of rotatable bonds is 5. The second-order valence-corrected chi connectivity index (χ2v) is 5.50. The highest BCUT2D eigenvalue weighted by atomic mass is 19.4. The average molecular weight is 295 g/mol. The van der Waals surface area contributed by atoms with Crippen molar-refractivity contribution in [3.63, 3.8) is 0 Å². The maximum absolute atomic E-state index is 12.5. The van der Waals surface area contributed by atoms with Crippen molar-refractivity contribution in [2.75, 3.05) is 13.1 Å². The summed E-state index contributed by atoms with van der Waals surface area (Å²) in [7, 11) is 0. The first-order chi connectivity index (χ1) is 9.15. The smallest absolute Gasteiger partial charge is 0.406 e. The summed E-state index contributed by atoms with van der Waals surface area (Å²) in [4.78, 5) is 24.1. The Kier molecular flexibility index (Phi) is 5.42. The zero-order valence-corrected chi connectivity index (χ0v) is 11.6. The first-order valence-electron chi connectivity index (χ1n) is 6.74. The molecule has 1 fully saturated rings. The lowest BCUT2D eigenvalue weighted by atomic mass is 9.94. The monoisotopic (exact) mass is 295 g/mol. The van der Waals surface area contributed by atoms with Crippen LogP contribution in [0, 0.1) is 17.8 Å². The van der Waals surface area contributed by atoms with Gasteiger partial charge < -0.3 is 10.0 Å². The molecule has 0 aromatic rings. The van der Waals surface area contributed by atoms with Crippen LogP contribution < -0.4 is 0 Å². The third-order valence-corrected chi connectivity index (χ3v) is 3.61. The average Bonchev–Trinajstić information content (AvgIpc) is 2.68. The molecule has 0 bridgehead atoms. The second-order valence-electron chi connectivity index (χ2n) is 5.50. The number of aliphatic carboxylic acids is 1. The van der Waals surface area contributed by atoms with Crippen molar-refractivity contribution in [3.05, 3.63) is 0 Å². The summed E-state index contributed by atoms with van der Waals surface area (Å²) in [5, 5.41) is 9.10. The molecular formula is C13H20F3NO3. The summed E-state index contributed by atoms with van der Waals surface area (Å²) in [6.45, 7) is 2.19. The minimum atomic E-state index is -4.46. The molecule has 1 saturated carbocycles. The summed E-state index contributed by atoms with van der Waals surface area (Å²) >= 11 is 0. The lowest BCUT2D eigenvalue weighted by Crippen LogP contribution is -2.44. The Morgan fingerprint density at radius 3 is 2.25 bits per heavy atom. The van der Waals surface area contributed by atoms with Crippen molar-refractivity contribution in [1.82, 2.24) is 4.90 Å². The molecule has 0 aromatic carbocycles. The predicted molar refractivity (Wildman–Crippen MR) is 65.9 cm³/mol. The van der Waals surface area contributed by atoms with Crippen molar-refractivity contribution in [1.29, 1.82) is 0 Å². The van der Waals surface area contributed by atoms with Crippen LogP contribution in [0.15, 0.2) is 0 Å². The Balaban J connectivity index is 2.85. The molecule has 3 atom stereocenters. The van der Waals surface area contributed by atoms with E-state index >= 15 is 0 Å². The standard InChI is InChI=1S/C13H20F3NO3/c1-3-4-17(7-13(14,15)16)11(18)9-5-8(2)6-10(9)12(19)20/h8-10H,3-7H2,1-2H3,(H,19,20)/t8?,9-,10+/m0/s1. The zero-order valence-electron chi connectivity index (χ0n) is 11.6. The van der Waals surface area contributed by atoms with Crippen LogP contribution in [0.3, 0.4) is 0 Å². The maximum Gasteiger partial charge on any atom is 0.406 e. The number of carbonyl (C=O) groups excluding carboxylic acids is 1. The summed E-state index contributed by atoms with van der Waals surface area (Å²) < 4.78 is 37.5. The fraction of sp³-hybridized carbons (Fsp3) is 0.846. The molecule has 0 saturated heterocycles. The summed E-state index contributed by atoms with van der Waals surface area (Å²) in [6.07, 6.45) is -3.37. The SMILES string of the molecule is CCCN(CC(F)(F)F)C(=O)[C@H]1CC(C)C[C@H]1C(=O)O. The van der Waals surface area contributed by atoms with E-state index in [9.17, 15) is 22.8 Å². The van der Waals surface area contributed by atoms with E-state index in [1.54, 1.807) is 6.92 Å². The van der Waals surface area contributed by atoms with E-state index in [0.29, 0.717) is 19.3 Å². The Hall–Kier alpha value is -1.27. The fourth-order valence-corrected chi connectivity index (χ4v) is 2.83. The van der Waals surface area contributed by atoms with E-state index in [4.69, 9.17) is 5.11 Å². The lowest BCUT2D eigenvalue weighted by molar-refractivity contribution is -0.166. The third kappa shape index (κ3) is 4.38. The van der Waals surface area contributed by atoms with Crippen molar-refractivity contribution in [2.24, 2.45) is 17.8 Å². The van der Waals surface area contributed by atoms with Crippen LogP contribution in [0.25, 0.3) is 0 Å². The number of carboxylic acid groups (broad SMARTS) is 1. The van der Waals surface area contributed by atoms with E-state index in [1.807, 2.05) is 6.92 Å². The number of carbonyl (C=O) groups is 2. The maximum atomic E-state index is 12.5. The fourth-order valence-electron chi connectivity index (χ4n) is 2.83. The number of halogens is 3. The van der Waals surface area contributed by atoms with Gasteiger partial charge in [0.25, 0.3) is 0 Å². The second kappa shape index (κ2) is 6.45. The molecule has 1 unspecified atom stereocenters. The Morgan fingerprint density at radius 1 is 1.25 bits per heavy atom. The summed E-state index contributed by atoms with van der Waals surface area (Å²) in [5.41, 5.74) is 0. The minimum Gasteiger partial charge on any atom is -0.481 e. The van der Waals surface area contributed by atoms with Crippen LogP contribution in [0.1, 0.15) is 33.1 Å². The quantitative estimate of drug-likeness (QED) is 0.848. The number of hydrogen-bond donors (Lipinski definition) is 1. The highest BCUT2D eigenvalue weighted by Crippen LogP contribution is 2.38. The van der Waals surface area contributed by atoms with Gasteiger partial charge in [0.2, 0.25) is 5.91 Å². The van der Waals surface area contributed by atoms with E-state index in [-0.39, 0.29) is 12.5 Å². The topological polar surface area (TPSA) is 57.6 Å². The Morgan fingerprint density at radius 2 is 1.80 bits per heavy atom. The van der Waals surface area contributed by atoms with Gasteiger partial charge in [-0.05, 0) is 25.2 Å². The molecule has 1 amide bonds. The largest absolute Gasteiger partial charge is 0.481 e. The van der Waals surface area contributed by atoms with Crippen LogP contribution in [-0.4, -0.2) is 41.1 Å². The van der Waals surface area contributed by atoms with E-state index in [2.05, 4.69) is 0 Å². The molecule has 116 valence electrons. The number of amides is 1. The summed E-state index contributed by atoms with van der Waals surface area (Å²) in [6, 6.07) is 0. The van der Waals surface area contributed by atoms with Gasteiger partial charge in [-0.15, -0.1) is 0 Å². The van der Waals surface area contributed by atoms with Gasteiger partial charge in [0.15, 0.2) is 0 Å². The first kappa shape index (κ1) is 16.8. The molecule has 7 heteroatoms. The first-order valence-corrected chi connectivity index (χ1v) is 6.74. The Labute approximate surface area is 115 Å². The molecule has 1 aliphatic rings. The van der Waals surface area contributed by atoms with E-state index in [1.165, 1.54) is 0 Å². The molecule has 1 aliphatic carbocycles. The van der Waals surface area contributed by atoms with Crippen molar-refractivity contribution >= 4 is 11.9 Å². The molecule has 0 heterocycles. The number of nitrogens with zero attached hydrogens (tertiary/aromatic N) is 1. The van der Waals surface area contributed by atoms with Gasteiger partial charge in [-0.2, -0.15) is 13.2 Å². The molecule has 0 spiro atoms. The van der Waals surface area contributed by atoms with Crippen molar-refractivity contribution in [3.8, 4) is 0 Å². The van der Waals surface area contributed by atoms with Crippen molar-refractivity contribution in [2.45, 2.75) is 39.3 Å². The predicted octanol–water partition coefficient (Wildman–Crippen LogP) is 2.53. The van der Waals surface area contributed by atoms with Gasteiger partial charge in [0, 0.05) is 6.54 Å². The van der Waals surface area contributed by atoms with Gasteiger partial charge in [-0.25, -0.2) is 0 Å². The van der Waals surface area contributed by atoms with Crippen LogP contribution in [0.4, 0.5) is 13.2 Å². The molecule has 0 aromatic heterocycles. The van der Waals surface area contributed by atoms with Gasteiger partial charge in [0.1, 0.15) is 6.54 Å². The van der Waals surface area contributed by atoms with Gasteiger partial charge in [-0.3, -0.25) is 9.59 Å². The normalized spacial score (nSPS) is 26.6. The highest BCUT2D eigenvalue weighted by molar-refractivity contribution is 5.85. The Bertz CT molecular complexity index is 370. The molecule has 0 radical (unpaired) electrons. The van der Waals surface area contributed by atoms with E-state index in [0.717, 1.165) is 4.90 Å². The summed E-state index contributed by atoms with van der Waals surface area (Å²) in [5.74, 6) is -3.45. The third-order valence-electron chi connectivity index (χ3n) is 3.61. The number of hydrogen-bond acceptors (Lipinski definition) is 2. The van der Waals surface area contributed by atoms with Gasteiger partial charge in [0.05, 0.1) is 11.8 Å². The zero-order chi connectivity index (χ0) is 15.5. The lowest BCUT2D eigenvalue weighted by Gasteiger charge is -2.27. The van der Waals surface area contributed by atoms with Crippen LogP contribution >= 0.6 is 0 Å². The van der Waals surface area contributed by atoms with Crippen molar-refractivity contribution < 1.29 is 27.9 Å². The minimum absolute atomic E-state index is 0.00440. The molecule has 4 nitrogen and oxygen atoms in total. The molecular weight excluding hydrogens is 275 g/mol. The van der Waals surface area contributed by atoms with Crippen LogP contribution in [0.2, 0.25) is 0 Å². The number of alkyl halides is 3. The molecule has 1 rings (SSSR count). The molecule has 0 aliphatic heterocycles. The van der Waals surface area contributed by atoms with Gasteiger partial charge in [-0.1, -0.05) is 13.8 Å². The molecule has 1 N–H and O–H groups in total. The molecule has 20 heavy (non-hydrogen) atoms. The number of carboxylic acids is 1. The highest BCUT2D eigenvalue weighted by Gasteiger charge is 2.44. The van der Waals surface area contributed by atoms with Crippen LogP contribution in [-0.2, 0) is 9.59 Å². The van der Waals surface area contributed by atoms with E-state index < -0.39 is 36.4 Å².